The van der Waals surface area contributed by atoms with Crippen LogP contribution in [0.15, 0.2) is 140 Å². The van der Waals surface area contributed by atoms with Crippen molar-refractivity contribution in [1.82, 2.24) is 14.1 Å². The summed E-state index contributed by atoms with van der Waals surface area (Å²) in [5.41, 5.74) is 12.8. The minimum Gasteiger partial charge on any atom is -0.457 e. The van der Waals surface area contributed by atoms with E-state index in [-0.39, 0.29) is 5.41 Å². The van der Waals surface area contributed by atoms with Crippen molar-refractivity contribution in [3.63, 3.8) is 0 Å². The zero-order valence-electron chi connectivity index (χ0n) is 32.1. The molecule has 6 nitrogen and oxygen atoms in total. The third-order valence-corrected chi connectivity index (χ3v) is 11.3. The summed E-state index contributed by atoms with van der Waals surface area (Å²) in [7, 11) is 2.15. The summed E-state index contributed by atoms with van der Waals surface area (Å²) in [4.78, 5) is 9.69. The van der Waals surface area contributed by atoms with Gasteiger partial charge in [-0.15, -0.1) is 0 Å². The highest BCUT2D eigenvalue weighted by molar-refractivity contribution is 6.12. The Morgan fingerprint density at radius 2 is 1.24 bits per heavy atom. The van der Waals surface area contributed by atoms with Crippen molar-refractivity contribution in [3.8, 4) is 23.0 Å². The summed E-state index contributed by atoms with van der Waals surface area (Å²) in [6, 6.07) is 47.8. The number of aryl methyl sites for hydroxylation is 2. The topological polar surface area (TPSA) is 38.5 Å². The van der Waals surface area contributed by atoms with E-state index in [4.69, 9.17) is 9.72 Å². The molecule has 1 aliphatic heterocycles. The summed E-state index contributed by atoms with van der Waals surface area (Å²) in [5.74, 6) is 2.44. The molecule has 0 saturated heterocycles. The van der Waals surface area contributed by atoms with Crippen molar-refractivity contribution in [2.75, 3.05) is 23.5 Å². The molecule has 10 rings (SSSR count). The van der Waals surface area contributed by atoms with Gasteiger partial charge in [0.25, 0.3) is 0 Å². The lowest BCUT2D eigenvalue weighted by atomic mass is 9.86. The van der Waals surface area contributed by atoms with Crippen LogP contribution in [0.2, 0.25) is 0 Å². The molecular weight excluding hydrogens is 675 g/mol. The van der Waals surface area contributed by atoms with E-state index in [2.05, 4.69) is 194 Å². The normalized spacial score (nSPS) is 13.1. The minimum atomic E-state index is -0.0697. The standard InChI is InChI=1S/C49H43N5O/c1-31-13-11-16-40-41-17-12-14-32(2)48(41)53(47(31)40)34-23-24-50-46(28-34)54-42-18-8-7-15-38(42)39-22-21-36(29-45(39)54)55-37-26-33(49(3,4)5)25-35(27-37)52-30-51(6)43-19-9-10-20-44(43)52/h7-29H,30H2,1-6H3. The molecule has 0 atom stereocenters. The van der Waals surface area contributed by atoms with Crippen LogP contribution in [0.1, 0.15) is 37.5 Å². The van der Waals surface area contributed by atoms with Crippen molar-refractivity contribution in [1.29, 1.82) is 0 Å². The molecule has 1 aliphatic rings. The SMILES string of the molecule is Cc1cccc2c3cccc(C)c3n(-c3ccnc(-n4c5ccccc5c5ccc(Oc6cc(N7CN(C)c8ccccc87)cc(C(C)(C)C)c6)cc54)c3)c12. The lowest BCUT2D eigenvalue weighted by Crippen LogP contribution is -2.24. The molecule has 3 aromatic heterocycles. The highest BCUT2D eigenvalue weighted by Gasteiger charge is 2.26. The quantitative estimate of drug-likeness (QED) is 0.178. The van der Waals surface area contributed by atoms with Gasteiger partial charge in [-0.3, -0.25) is 4.57 Å². The van der Waals surface area contributed by atoms with Gasteiger partial charge in [-0.1, -0.05) is 87.5 Å². The Balaban J connectivity index is 1.12. The number of benzene rings is 6. The van der Waals surface area contributed by atoms with E-state index in [1.165, 1.54) is 55.3 Å². The van der Waals surface area contributed by atoms with E-state index in [9.17, 15) is 0 Å². The largest absolute Gasteiger partial charge is 0.457 e. The van der Waals surface area contributed by atoms with Crippen LogP contribution in [0.4, 0.5) is 17.1 Å². The molecule has 270 valence electrons. The van der Waals surface area contributed by atoms with Gasteiger partial charge in [0.2, 0.25) is 0 Å². The van der Waals surface area contributed by atoms with Crippen molar-refractivity contribution in [2.24, 2.45) is 0 Å². The fourth-order valence-corrected chi connectivity index (χ4v) is 8.61. The number of fused-ring (bicyclic) bond motifs is 7. The maximum absolute atomic E-state index is 6.85. The van der Waals surface area contributed by atoms with E-state index >= 15 is 0 Å². The molecule has 0 radical (unpaired) electrons. The smallest absolute Gasteiger partial charge is 0.139 e. The van der Waals surface area contributed by atoms with Gasteiger partial charge in [0, 0.05) is 58.7 Å². The Hall–Kier alpha value is -6.53. The number of nitrogens with zero attached hydrogens (tertiary/aromatic N) is 5. The third kappa shape index (κ3) is 5.27. The zero-order valence-corrected chi connectivity index (χ0v) is 32.1. The minimum absolute atomic E-state index is 0.0697. The molecule has 0 bridgehead atoms. The molecule has 0 amide bonds. The second-order valence-electron chi connectivity index (χ2n) is 16.0. The molecular formula is C49H43N5O. The highest BCUT2D eigenvalue weighted by Crippen LogP contribution is 2.43. The molecule has 6 aromatic carbocycles. The number of para-hydroxylation sites is 5. The first kappa shape index (κ1) is 33.1. The predicted octanol–water partition coefficient (Wildman–Crippen LogP) is 12.5. The van der Waals surface area contributed by atoms with Crippen LogP contribution in [0.3, 0.4) is 0 Å². The third-order valence-electron chi connectivity index (χ3n) is 11.3. The summed E-state index contributed by atoms with van der Waals surface area (Å²) < 4.78 is 11.5. The van der Waals surface area contributed by atoms with Crippen LogP contribution in [0.5, 0.6) is 11.5 Å². The molecule has 0 saturated carbocycles. The summed E-state index contributed by atoms with van der Waals surface area (Å²) >= 11 is 0. The Kier molecular flexibility index (Phi) is 7.37. The second kappa shape index (κ2) is 12.3. The van der Waals surface area contributed by atoms with Crippen LogP contribution in [-0.2, 0) is 5.41 Å². The van der Waals surface area contributed by atoms with Crippen molar-refractivity contribution in [3.05, 3.63) is 156 Å². The van der Waals surface area contributed by atoms with E-state index in [1.54, 1.807) is 0 Å². The fraction of sp³-hybridized carbons (Fsp3) is 0.163. The van der Waals surface area contributed by atoms with Gasteiger partial charge in [-0.05, 0) is 84.5 Å². The summed E-state index contributed by atoms with van der Waals surface area (Å²) in [6.45, 7) is 11.9. The van der Waals surface area contributed by atoms with Crippen LogP contribution >= 0.6 is 0 Å². The molecule has 0 unspecified atom stereocenters. The number of hydrogen-bond acceptors (Lipinski definition) is 4. The first-order valence-electron chi connectivity index (χ1n) is 19.0. The fourth-order valence-electron chi connectivity index (χ4n) is 8.61. The molecule has 0 N–H and O–H groups in total. The first-order valence-corrected chi connectivity index (χ1v) is 19.0. The van der Waals surface area contributed by atoms with Gasteiger partial charge in [-0.25, -0.2) is 4.98 Å². The predicted molar refractivity (Wildman–Crippen MR) is 229 cm³/mol. The molecule has 6 heteroatoms. The molecule has 4 heterocycles. The van der Waals surface area contributed by atoms with Gasteiger partial charge < -0.3 is 19.1 Å². The number of ether oxygens (including phenoxy) is 1. The number of hydrogen-bond donors (Lipinski definition) is 0. The van der Waals surface area contributed by atoms with Crippen LogP contribution in [-0.4, -0.2) is 27.8 Å². The number of aromatic nitrogens is 3. The Bertz CT molecular complexity index is 2920. The van der Waals surface area contributed by atoms with E-state index in [1.807, 2.05) is 6.20 Å². The molecule has 0 spiro atoms. The van der Waals surface area contributed by atoms with E-state index in [0.29, 0.717) is 0 Å². The van der Waals surface area contributed by atoms with Gasteiger partial charge in [0.15, 0.2) is 0 Å². The Labute approximate surface area is 321 Å². The average molecular weight is 718 g/mol. The monoisotopic (exact) mass is 717 g/mol. The summed E-state index contributed by atoms with van der Waals surface area (Å²) in [6.07, 6.45) is 1.94. The maximum atomic E-state index is 6.85. The zero-order chi connectivity index (χ0) is 37.6. The number of rotatable bonds is 5. The van der Waals surface area contributed by atoms with Crippen molar-refractivity contribution >= 4 is 60.7 Å². The van der Waals surface area contributed by atoms with Gasteiger partial charge >= 0.3 is 0 Å². The number of pyridine rings is 1. The van der Waals surface area contributed by atoms with E-state index < -0.39 is 0 Å². The first-order chi connectivity index (χ1) is 26.6. The van der Waals surface area contributed by atoms with E-state index in [0.717, 1.165) is 51.8 Å². The Morgan fingerprint density at radius 3 is 1.98 bits per heavy atom. The van der Waals surface area contributed by atoms with Crippen LogP contribution in [0, 0.1) is 13.8 Å². The van der Waals surface area contributed by atoms with Gasteiger partial charge in [0.05, 0.1) is 45.8 Å². The summed E-state index contributed by atoms with van der Waals surface area (Å²) in [5, 5.41) is 4.85. The lowest BCUT2D eigenvalue weighted by Gasteiger charge is -2.25. The van der Waals surface area contributed by atoms with Crippen molar-refractivity contribution in [2.45, 2.75) is 40.0 Å². The van der Waals surface area contributed by atoms with Gasteiger partial charge in [-0.2, -0.15) is 0 Å². The molecule has 9 aromatic rings. The maximum Gasteiger partial charge on any atom is 0.139 e. The number of anilines is 3. The average Bonchev–Trinajstić information content (AvgIpc) is 3.83. The molecule has 0 aliphatic carbocycles. The molecule has 0 fully saturated rings. The van der Waals surface area contributed by atoms with Gasteiger partial charge in [0.1, 0.15) is 17.3 Å². The second-order valence-corrected chi connectivity index (χ2v) is 16.0. The Morgan fingerprint density at radius 1 is 0.564 bits per heavy atom. The molecule has 55 heavy (non-hydrogen) atoms. The highest BCUT2D eigenvalue weighted by atomic mass is 16.5. The van der Waals surface area contributed by atoms with Crippen LogP contribution in [0.25, 0.3) is 55.1 Å². The van der Waals surface area contributed by atoms with Crippen molar-refractivity contribution < 1.29 is 4.74 Å². The lowest BCUT2D eigenvalue weighted by molar-refractivity contribution is 0.479. The van der Waals surface area contributed by atoms with Crippen LogP contribution < -0.4 is 14.5 Å².